The molecular weight excluding hydrogens is 294 g/mol. The zero-order valence-corrected chi connectivity index (χ0v) is 13.5. The summed E-state index contributed by atoms with van der Waals surface area (Å²) in [4.78, 5) is 0. The molecule has 0 unspecified atom stereocenters. The fourth-order valence-electron chi connectivity index (χ4n) is 1.76. The highest BCUT2D eigenvalue weighted by molar-refractivity contribution is 7.80. The Balaban J connectivity index is 1.93. The third kappa shape index (κ3) is 5.18. The first-order valence-corrected chi connectivity index (χ1v) is 7.37. The number of aryl methyl sites for hydroxylation is 1. The summed E-state index contributed by atoms with van der Waals surface area (Å²) in [5.41, 5.74) is 6.04. The van der Waals surface area contributed by atoms with Gasteiger partial charge in [0.2, 0.25) is 0 Å². The molecule has 0 aliphatic rings. The number of nitrogens with one attached hydrogen (secondary N) is 2. The molecule has 114 valence electrons. The molecular formula is C17H19N3OS. The van der Waals surface area contributed by atoms with Gasteiger partial charge in [-0.3, -0.25) is 5.43 Å². The number of ether oxygens (including phenoxy) is 1. The van der Waals surface area contributed by atoms with E-state index in [-0.39, 0.29) is 0 Å². The maximum Gasteiger partial charge on any atom is 0.186 e. The van der Waals surface area contributed by atoms with Crippen LogP contribution in [0.1, 0.15) is 16.7 Å². The van der Waals surface area contributed by atoms with Crippen molar-refractivity contribution < 1.29 is 4.74 Å². The molecule has 0 bridgehead atoms. The molecule has 2 N–H and O–H groups in total. The third-order valence-corrected chi connectivity index (χ3v) is 3.29. The molecule has 0 atom stereocenters. The van der Waals surface area contributed by atoms with Crippen LogP contribution in [0.3, 0.4) is 0 Å². The quantitative estimate of drug-likeness (QED) is 0.506. The Bertz CT molecular complexity index is 653. The van der Waals surface area contributed by atoms with Gasteiger partial charge in [-0.1, -0.05) is 42.0 Å². The predicted octanol–water partition coefficient (Wildman–Crippen LogP) is 3.00. The van der Waals surface area contributed by atoms with E-state index in [0.717, 1.165) is 16.9 Å². The monoisotopic (exact) mass is 313 g/mol. The summed E-state index contributed by atoms with van der Waals surface area (Å²) in [6.07, 6.45) is 1.70. The van der Waals surface area contributed by atoms with E-state index in [0.29, 0.717) is 11.7 Å². The van der Waals surface area contributed by atoms with Gasteiger partial charge in [-0.25, -0.2) is 0 Å². The largest absolute Gasteiger partial charge is 0.489 e. The second kappa shape index (κ2) is 8.14. The van der Waals surface area contributed by atoms with E-state index >= 15 is 0 Å². The van der Waals surface area contributed by atoms with Crippen molar-refractivity contribution in [3.63, 3.8) is 0 Å². The maximum absolute atomic E-state index is 5.80. The van der Waals surface area contributed by atoms with Gasteiger partial charge in [0, 0.05) is 7.05 Å². The highest BCUT2D eigenvalue weighted by Crippen LogP contribution is 2.14. The predicted molar refractivity (Wildman–Crippen MR) is 94.3 cm³/mol. The second-order valence-electron chi connectivity index (χ2n) is 4.80. The van der Waals surface area contributed by atoms with Crippen LogP contribution in [0.2, 0.25) is 0 Å². The molecule has 0 heterocycles. The average Bonchev–Trinajstić information content (AvgIpc) is 2.54. The van der Waals surface area contributed by atoms with E-state index in [1.807, 2.05) is 24.3 Å². The van der Waals surface area contributed by atoms with E-state index < -0.39 is 0 Å². The molecule has 0 radical (unpaired) electrons. The number of hydrogen-bond donors (Lipinski definition) is 2. The van der Waals surface area contributed by atoms with Gasteiger partial charge >= 0.3 is 0 Å². The van der Waals surface area contributed by atoms with Gasteiger partial charge < -0.3 is 10.1 Å². The molecule has 0 saturated heterocycles. The molecule has 0 amide bonds. The molecule has 0 saturated carbocycles. The fourth-order valence-corrected chi connectivity index (χ4v) is 1.81. The van der Waals surface area contributed by atoms with Gasteiger partial charge in [0.15, 0.2) is 5.11 Å². The number of hydrogen-bond acceptors (Lipinski definition) is 3. The highest BCUT2D eigenvalue weighted by atomic mass is 32.1. The molecule has 2 rings (SSSR count). The average molecular weight is 313 g/mol. The molecule has 5 heteroatoms. The second-order valence-corrected chi connectivity index (χ2v) is 5.20. The van der Waals surface area contributed by atoms with Crippen molar-refractivity contribution in [1.82, 2.24) is 10.7 Å². The van der Waals surface area contributed by atoms with Crippen LogP contribution in [0.4, 0.5) is 0 Å². The summed E-state index contributed by atoms with van der Waals surface area (Å²) in [5, 5.41) is 7.31. The maximum atomic E-state index is 5.80. The lowest BCUT2D eigenvalue weighted by Gasteiger charge is -2.07. The van der Waals surface area contributed by atoms with Crippen molar-refractivity contribution >= 4 is 23.5 Å². The molecule has 0 aliphatic carbocycles. The van der Waals surface area contributed by atoms with Gasteiger partial charge in [0.05, 0.1) is 6.21 Å². The molecule has 0 aliphatic heterocycles. The normalized spacial score (nSPS) is 10.5. The zero-order chi connectivity index (χ0) is 15.8. The van der Waals surface area contributed by atoms with Crippen molar-refractivity contribution in [2.24, 2.45) is 5.10 Å². The van der Waals surface area contributed by atoms with E-state index in [4.69, 9.17) is 17.0 Å². The van der Waals surface area contributed by atoms with Crippen LogP contribution in [0.25, 0.3) is 0 Å². The van der Waals surface area contributed by atoms with Crippen LogP contribution < -0.4 is 15.5 Å². The minimum absolute atomic E-state index is 0.475. The summed E-state index contributed by atoms with van der Waals surface area (Å²) in [6.45, 7) is 2.62. The van der Waals surface area contributed by atoms with Crippen molar-refractivity contribution in [2.75, 3.05) is 7.05 Å². The molecule has 4 nitrogen and oxygen atoms in total. The van der Waals surface area contributed by atoms with Crippen LogP contribution in [0, 0.1) is 6.92 Å². The molecule has 0 aromatic heterocycles. The minimum Gasteiger partial charge on any atom is -0.489 e. The van der Waals surface area contributed by atoms with Crippen molar-refractivity contribution in [3.8, 4) is 5.75 Å². The molecule has 0 fully saturated rings. The van der Waals surface area contributed by atoms with Gasteiger partial charge in [-0.15, -0.1) is 0 Å². The van der Waals surface area contributed by atoms with Crippen LogP contribution in [-0.4, -0.2) is 18.4 Å². The third-order valence-electron chi connectivity index (χ3n) is 2.99. The van der Waals surface area contributed by atoms with Crippen molar-refractivity contribution in [2.45, 2.75) is 13.5 Å². The smallest absolute Gasteiger partial charge is 0.186 e. The summed E-state index contributed by atoms with van der Waals surface area (Å²) in [7, 11) is 1.74. The molecule has 22 heavy (non-hydrogen) atoms. The Morgan fingerprint density at radius 1 is 1.23 bits per heavy atom. The zero-order valence-electron chi connectivity index (χ0n) is 12.7. The minimum atomic E-state index is 0.475. The first-order chi connectivity index (χ1) is 10.7. The molecule has 0 spiro atoms. The standard InChI is InChI=1S/C17H19N3OS/c1-13-6-8-14(9-7-13)12-21-16-5-3-4-15(10-16)11-19-20-17(22)18-2/h3-11H,12H2,1-2H3,(H2,18,20,22)/b19-11+. The SMILES string of the molecule is CNC(=S)N/N=C/c1cccc(OCc2ccc(C)cc2)c1. The van der Waals surface area contributed by atoms with E-state index in [1.54, 1.807) is 13.3 Å². The van der Waals surface area contributed by atoms with Gasteiger partial charge in [-0.2, -0.15) is 5.10 Å². The fraction of sp³-hybridized carbons (Fsp3) is 0.176. The first-order valence-electron chi connectivity index (χ1n) is 6.96. The summed E-state index contributed by atoms with van der Waals surface area (Å²) < 4.78 is 5.80. The number of nitrogens with zero attached hydrogens (tertiary/aromatic N) is 1. The van der Waals surface area contributed by atoms with Gasteiger partial charge in [0.1, 0.15) is 12.4 Å². The number of rotatable bonds is 5. The van der Waals surface area contributed by atoms with Crippen LogP contribution >= 0.6 is 12.2 Å². The molecule has 2 aromatic rings. The number of thiocarbonyl (C=S) groups is 1. The van der Waals surface area contributed by atoms with Gasteiger partial charge in [0.25, 0.3) is 0 Å². The number of hydrazone groups is 1. The summed E-state index contributed by atoms with van der Waals surface area (Å²) in [6, 6.07) is 16.1. The van der Waals surface area contributed by atoms with E-state index in [1.165, 1.54) is 5.56 Å². The van der Waals surface area contributed by atoms with Crippen LogP contribution in [-0.2, 0) is 6.61 Å². The van der Waals surface area contributed by atoms with Crippen molar-refractivity contribution in [1.29, 1.82) is 0 Å². The Hall–Kier alpha value is -2.40. The Morgan fingerprint density at radius 3 is 2.73 bits per heavy atom. The topological polar surface area (TPSA) is 45.7 Å². The number of benzene rings is 2. The Morgan fingerprint density at radius 2 is 2.00 bits per heavy atom. The lowest BCUT2D eigenvalue weighted by atomic mass is 10.2. The van der Waals surface area contributed by atoms with E-state index in [2.05, 4.69) is 47.0 Å². The first kappa shape index (κ1) is 16.0. The Kier molecular flexibility index (Phi) is 5.91. The molecule has 2 aromatic carbocycles. The van der Waals surface area contributed by atoms with E-state index in [9.17, 15) is 0 Å². The summed E-state index contributed by atoms with van der Waals surface area (Å²) in [5.74, 6) is 0.806. The lowest BCUT2D eigenvalue weighted by Crippen LogP contribution is -2.28. The van der Waals surface area contributed by atoms with Gasteiger partial charge in [-0.05, 0) is 42.4 Å². The highest BCUT2D eigenvalue weighted by Gasteiger charge is 1.97. The Labute approximate surface area is 136 Å². The van der Waals surface area contributed by atoms with Crippen molar-refractivity contribution in [3.05, 3.63) is 65.2 Å². The van der Waals surface area contributed by atoms with Crippen LogP contribution in [0.15, 0.2) is 53.6 Å². The van der Waals surface area contributed by atoms with Crippen LogP contribution in [0.5, 0.6) is 5.75 Å². The summed E-state index contributed by atoms with van der Waals surface area (Å²) >= 11 is 4.94. The lowest BCUT2D eigenvalue weighted by molar-refractivity contribution is 0.306.